The molecule has 3 aromatic carbocycles. The molecule has 0 spiro atoms. The largest absolute Gasteiger partial charge is 0.484 e. The highest BCUT2D eigenvalue weighted by Crippen LogP contribution is 2.29. The molecule has 12 heteroatoms. The minimum atomic E-state index is -0.679. The number of fused-ring (bicyclic) bond motifs is 1. The van der Waals surface area contributed by atoms with E-state index in [1.807, 2.05) is 0 Å². The number of aromatic nitrogens is 3. The van der Waals surface area contributed by atoms with E-state index in [4.69, 9.17) is 30.5 Å². The second-order valence-electron chi connectivity index (χ2n) is 10.1. The lowest BCUT2D eigenvalue weighted by Gasteiger charge is -2.27. The molecule has 226 valence electrons. The molecule has 0 amide bonds. The molecule has 0 unspecified atom stereocenters. The molecule has 44 heavy (non-hydrogen) atoms. The van der Waals surface area contributed by atoms with E-state index in [2.05, 4.69) is 9.97 Å². The maximum atomic E-state index is 15.4. The van der Waals surface area contributed by atoms with Crippen molar-refractivity contribution >= 4 is 28.6 Å². The lowest BCUT2D eigenvalue weighted by Crippen LogP contribution is -2.31. The fraction of sp³-hybridized carbons (Fsp3) is 0.219. The maximum absolute atomic E-state index is 15.4. The van der Waals surface area contributed by atoms with Gasteiger partial charge in [0.2, 0.25) is 0 Å². The summed E-state index contributed by atoms with van der Waals surface area (Å²) in [6.07, 6.45) is 2.27. The molecule has 1 saturated heterocycles. The van der Waals surface area contributed by atoms with Gasteiger partial charge in [-0.1, -0.05) is 17.7 Å². The van der Waals surface area contributed by atoms with Crippen LogP contribution >= 0.6 is 11.6 Å². The van der Waals surface area contributed by atoms with Crippen LogP contribution in [0, 0.1) is 17.5 Å². The molecule has 2 aromatic heterocycles. The quantitative estimate of drug-likeness (QED) is 0.154. The molecule has 1 fully saturated rings. The molecule has 0 saturated carbocycles. The summed E-state index contributed by atoms with van der Waals surface area (Å²) in [6.45, 7) is 0.965. The number of benzene rings is 3. The van der Waals surface area contributed by atoms with Crippen LogP contribution in [0.15, 0.2) is 66.9 Å². The molecule has 0 N–H and O–H groups in total. The first kappa shape index (κ1) is 29.5. The Morgan fingerprint density at radius 3 is 2.57 bits per heavy atom. The topological polar surface area (TPSA) is 84.7 Å². The van der Waals surface area contributed by atoms with Crippen molar-refractivity contribution in [1.29, 1.82) is 0 Å². The number of ether oxygens (including phenoxy) is 4. The standard InChI is InChI=1S/C32H25ClF3N3O5/c1-41-32(40)19-10-27(36)31-28(11-19)39(16-24-7-9-42-24)30(38-31)12-18-2-4-22(15-25(18)34)44-23-6-8-37-21(14-23)17-43-29-5-3-20(33)13-26(29)35/h2-6,8,10-11,13-15,24H,7,9,12,16-17H2,1H3/t24-/m0/s1. The third-order valence-corrected chi connectivity index (χ3v) is 7.39. The van der Waals surface area contributed by atoms with Gasteiger partial charge in [0.1, 0.15) is 35.3 Å². The predicted octanol–water partition coefficient (Wildman–Crippen LogP) is 7.04. The van der Waals surface area contributed by atoms with Gasteiger partial charge in [-0.05, 0) is 54.4 Å². The zero-order chi connectivity index (χ0) is 30.8. The number of carbonyl (C=O) groups is 1. The summed E-state index contributed by atoms with van der Waals surface area (Å²) >= 11 is 5.78. The van der Waals surface area contributed by atoms with Crippen molar-refractivity contribution in [2.75, 3.05) is 13.7 Å². The summed E-state index contributed by atoms with van der Waals surface area (Å²) in [5.41, 5.74) is 1.29. The summed E-state index contributed by atoms with van der Waals surface area (Å²) in [5, 5.41) is 0.256. The van der Waals surface area contributed by atoms with E-state index in [1.54, 1.807) is 28.8 Å². The number of pyridine rings is 1. The summed E-state index contributed by atoms with van der Waals surface area (Å²) in [4.78, 5) is 20.8. The minimum absolute atomic E-state index is 0.0283. The number of methoxy groups -OCH3 is 1. The van der Waals surface area contributed by atoms with Crippen LogP contribution < -0.4 is 9.47 Å². The van der Waals surface area contributed by atoms with Gasteiger partial charge in [-0.3, -0.25) is 4.98 Å². The van der Waals surface area contributed by atoms with Gasteiger partial charge in [0.05, 0.1) is 36.5 Å². The lowest BCUT2D eigenvalue weighted by molar-refractivity contribution is -0.0589. The number of nitrogens with zero attached hydrogens (tertiary/aromatic N) is 3. The summed E-state index contributed by atoms with van der Waals surface area (Å²) in [6, 6.07) is 14.3. The van der Waals surface area contributed by atoms with Crippen molar-refractivity contribution in [3.05, 3.63) is 112 Å². The van der Waals surface area contributed by atoms with E-state index in [-0.39, 0.29) is 46.7 Å². The molecule has 1 aliphatic heterocycles. The van der Waals surface area contributed by atoms with Crippen LogP contribution in [0.3, 0.4) is 0 Å². The SMILES string of the molecule is COC(=O)c1cc(F)c2nc(Cc3ccc(Oc4ccnc(COc5ccc(Cl)cc5F)c4)cc3F)n(C[C@@H]3CCO3)c2c1. The Bertz CT molecular complexity index is 1860. The summed E-state index contributed by atoms with van der Waals surface area (Å²) in [7, 11) is 1.22. The van der Waals surface area contributed by atoms with Gasteiger partial charge >= 0.3 is 5.97 Å². The van der Waals surface area contributed by atoms with Crippen LogP contribution in [-0.4, -0.2) is 40.3 Å². The third-order valence-electron chi connectivity index (χ3n) is 7.15. The molecular weight excluding hydrogens is 599 g/mol. The monoisotopic (exact) mass is 623 g/mol. The fourth-order valence-electron chi connectivity index (χ4n) is 4.82. The number of esters is 1. The third kappa shape index (κ3) is 6.34. The molecular formula is C32H25ClF3N3O5. The van der Waals surface area contributed by atoms with E-state index in [1.165, 1.54) is 37.6 Å². The first-order valence-corrected chi connectivity index (χ1v) is 14.0. The second-order valence-corrected chi connectivity index (χ2v) is 10.6. The van der Waals surface area contributed by atoms with Gasteiger partial charge in [0.25, 0.3) is 0 Å². The average Bonchev–Trinajstić information content (AvgIpc) is 3.33. The van der Waals surface area contributed by atoms with Gasteiger partial charge in [-0.2, -0.15) is 0 Å². The molecule has 0 aliphatic carbocycles. The average molecular weight is 624 g/mol. The number of rotatable bonds is 10. The van der Waals surface area contributed by atoms with Crippen molar-refractivity contribution in [2.24, 2.45) is 0 Å². The van der Waals surface area contributed by atoms with Gasteiger partial charge < -0.3 is 23.5 Å². The molecule has 1 atom stereocenters. The van der Waals surface area contributed by atoms with Crippen molar-refractivity contribution in [3.63, 3.8) is 0 Å². The van der Waals surface area contributed by atoms with Crippen LogP contribution in [0.25, 0.3) is 11.0 Å². The van der Waals surface area contributed by atoms with Crippen LogP contribution in [0.4, 0.5) is 13.2 Å². The van der Waals surface area contributed by atoms with E-state index >= 15 is 8.78 Å². The Morgan fingerprint density at radius 1 is 1.02 bits per heavy atom. The highest BCUT2D eigenvalue weighted by Gasteiger charge is 2.24. The first-order chi connectivity index (χ1) is 21.3. The second kappa shape index (κ2) is 12.6. The molecule has 0 radical (unpaired) electrons. The number of imidazole rings is 1. The van der Waals surface area contributed by atoms with Crippen LogP contribution in [0.1, 0.15) is 33.9 Å². The number of hydrogen-bond acceptors (Lipinski definition) is 7. The van der Waals surface area contributed by atoms with Crippen molar-refractivity contribution in [1.82, 2.24) is 14.5 Å². The minimum Gasteiger partial charge on any atom is -0.484 e. The van der Waals surface area contributed by atoms with E-state index in [0.717, 1.165) is 18.6 Å². The molecule has 3 heterocycles. The van der Waals surface area contributed by atoms with Crippen LogP contribution in [0.2, 0.25) is 5.02 Å². The number of hydrogen-bond donors (Lipinski definition) is 0. The molecule has 6 rings (SSSR count). The van der Waals surface area contributed by atoms with Crippen molar-refractivity contribution in [3.8, 4) is 17.2 Å². The molecule has 0 bridgehead atoms. The Hall–Kier alpha value is -4.61. The lowest BCUT2D eigenvalue weighted by atomic mass is 10.1. The van der Waals surface area contributed by atoms with Crippen LogP contribution in [0.5, 0.6) is 17.2 Å². The zero-order valence-corrected chi connectivity index (χ0v) is 24.1. The van der Waals surface area contributed by atoms with E-state index in [0.29, 0.717) is 41.5 Å². The Labute approximate surface area is 254 Å². The van der Waals surface area contributed by atoms with Crippen molar-refractivity contribution in [2.45, 2.75) is 32.1 Å². The Morgan fingerprint density at radius 2 is 1.84 bits per heavy atom. The van der Waals surface area contributed by atoms with Crippen molar-refractivity contribution < 1.29 is 36.9 Å². The molecule has 8 nitrogen and oxygen atoms in total. The highest BCUT2D eigenvalue weighted by molar-refractivity contribution is 6.30. The van der Waals surface area contributed by atoms with Gasteiger partial charge in [0.15, 0.2) is 17.4 Å². The normalized spacial score (nSPS) is 14.3. The predicted molar refractivity (Wildman–Crippen MR) is 155 cm³/mol. The maximum Gasteiger partial charge on any atom is 0.338 e. The number of carbonyl (C=O) groups excluding carboxylic acids is 1. The zero-order valence-electron chi connectivity index (χ0n) is 23.4. The van der Waals surface area contributed by atoms with E-state index < -0.39 is 23.4 Å². The van der Waals surface area contributed by atoms with Gasteiger partial charge in [-0.25, -0.2) is 22.9 Å². The summed E-state index contributed by atoms with van der Waals surface area (Å²) < 4.78 is 67.8. The molecule has 5 aromatic rings. The molecule has 1 aliphatic rings. The number of halogens is 4. The Balaban J connectivity index is 1.20. The highest BCUT2D eigenvalue weighted by atomic mass is 35.5. The van der Waals surface area contributed by atoms with Gasteiger partial charge in [-0.15, -0.1) is 0 Å². The Kier molecular flexibility index (Phi) is 8.40. The van der Waals surface area contributed by atoms with Crippen LogP contribution in [-0.2, 0) is 29.0 Å². The van der Waals surface area contributed by atoms with Gasteiger partial charge in [0, 0.05) is 36.4 Å². The first-order valence-electron chi connectivity index (χ1n) is 13.6. The fourth-order valence-corrected chi connectivity index (χ4v) is 4.98. The summed E-state index contributed by atoms with van der Waals surface area (Å²) in [5.74, 6) is -1.44. The van der Waals surface area contributed by atoms with E-state index in [9.17, 15) is 9.18 Å². The smallest absolute Gasteiger partial charge is 0.338 e.